The average Bonchev–Trinajstić information content (AvgIpc) is 2.50. The fourth-order valence-electron chi connectivity index (χ4n) is 1.99. The topological polar surface area (TPSA) is 98.5 Å². The molecule has 24 heavy (non-hydrogen) atoms. The molecule has 0 aliphatic heterocycles. The van der Waals surface area contributed by atoms with E-state index in [1.165, 1.54) is 12.1 Å². The number of rotatable bonds is 5. The lowest BCUT2D eigenvalue weighted by molar-refractivity contribution is -0.118. The van der Waals surface area contributed by atoms with Crippen molar-refractivity contribution in [2.24, 2.45) is 5.14 Å². The zero-order chi connectivity index (χ0) is 17.9. The number of hydrogen-bond acceptors (Lipinski definition) is 4. The second kappa shape index (κ2) is 7.21. The van der Waals surface area contributed by atoms with Gasteiger partial charge < -0.3 is 10.1 Å². The minimum Gasteiger partial charge on any atom is -0.484 e. The van der Waals surface area contributed by atoms with Crippen LogP contribution in [-0.4, -0.2) is 20.9 Å². The van der Waals surface area contributed by atoms with Gasteiger partial charge in [-0.1, -0.05) is 11.6 Å². The standard InChI is InChI=1S/C16H17ClN2O4S/c1-10-7-14(24(18,21)22)8-15(11(10)2)19-16(20)9-23-13-5-3-12(17)4-6-13/h3-8H,9H2,1-2H3,(H,19,20)(H2,18,21,22). The Labute approximate surface area is 145 Å². The van der Waals surface area contributed by atoms with Crippen molar-refractivity contribution in [2.45, 2.75) is 18.7 Å². The van der Waals surface area contributed by atoms with Gasteiger partial charge >= 0.3 is 0 Å². The van der Waals surface area contributed by atoms with E-state index < -0.39 is 15.9 Å². The van der Waals surface area contributed by atoms with Gasteiger partial charge in [-0.15, -0.1) is 0 Å². The van der Waals surface area contributed by atoms with Gasteiger partial charge in [0.05, 0.1) is 4.90 Å². The number of anilines is 1. The van der Waals surface area contributed by atoms with Gasteiger partial charge in [-0.05, 0) is 61.4 Å². The summed E-state index contributed by atoms with van der Waals surface area (Å²) in [4.78, 5) is 12.0. The van der Waals surface area contributed by atoms with Crippen molar-refractivity contribution in [3.63, 3.8) is 0 Å². The third-order valence-electron chi connectivity index (χ3n) is 3.43. The molecular formula is C16H17ClN2O4S. The Hall–Kier alpha value is -2.09. The van der Waals surface area contributed by atoms with Crippen LogP contribution in [0.5, 0.6) is 5.75 Å². The third-order valence-corrected chi connectivity index (χ3v) is 4.57. The molecule has 0 spiro atoms. The second-order valence-electron chi connectivity index (χ2n) is 5.25. The largest absolute Gasteiger partial charge is 0.484 e. The number of ether oxygens (including phenoxy) is 1. The molecule has 1 amide bonds. The molecular weight excluding hydrogens is 352 g/mol. The molecule has 0 radical (unpaired) electrons. The fraction of sp³-hybridized carbons (Fsp3) is 0.188. The van der Waals surface area contributed by atoms with Crippen molar-refractivity contribution < 1.29 is 17.9 Å². The molecule has 0 unspecified atom stereocenters. The average molecular weight is 369 g/mol. The van der Waals surface area contributed by atoms with Crippen LogP contribution >= 0.6 is 11.6 Å². The Morgan fingerprint density at radius 3 is 2.42 bits per heavy atom. The first-order valence-electron chi connectivity index (χ1n) is 6.99. The van der Waals surface area contributed by atoms with Crippen molar-refractivity contribution >= 4 is 33.2 Å². The molecule has 3 N–H and O–H groups in total. The van der Waals surface area contributed by atoms with Crippen LogP contribution in [0.2, 0.25) is 5.02 Å². The summed E-state index contributed by atoms with van der Waals surface area (Å²) in [5.74, 6) is 0.0831. The quantitative estimate of drug-likeness (QED) is 0.847. The Kier molecular flexibility index (Phi) is 5.48. The monoisotopic (exact) mass is 368 g/mol. The van der Waals surface area contributed by atoms with Crippen LogP contribution in [-0.2, 0) is 14.8 Å². The van der Waals surface area contributed by atoms with Crippen LogP contribution in [0, 0.1) is 13.8 Å². The molecule has 0 aliphatic rings. The maximum Gasteiger partial charge on any atom is 0.262 e. The van der Waals surface area contributed by atoms with Gasteiger partial charge in [0.25, 0.3) is 5.91 Å². The van der Waals surface area contributed by atoms with E-state index in [0.717, 1.165) is 5.56 Å². The lowest BCUT2D eigenvalue weighted by Gasteiger charge is -2.13. The molecule has 0 aromatic heterocycles. The first kappa shape index (κ1) is 18.3. The van der Waals surface area contributed by atoms with Crippen LogP contribution in [0.1, 0.15) is 11.1 Å². The number of benzene rings is 2. The molecule has 2 rings (SSSR count). The summed E-state index contributed by atoms with van der Waals surface area (Å²) < 4.78 is 28.4. The van der Waals surface area contributed by atoms with E-state index in [-0.39, 0.29) is 11.5 Å². The Balaban J connectivity index is 2.11. The summed E-state index contributed by atoms with van der Waals surface area (Å²) in [7, 11) is -3.85. The predicted molar refractivity (Wildman–Crippen MR) is 92.9 cm³/mol. The van der Waals surface area contributed by atoms with Gasteiger partial charge in [-0.2, -0.15) is 0 Å². The maximum absolute atomic E-state index is 12.0. The first-order chi connectivity index (χ1) is 11.2. The van der Waals surface area contributed by atoms with Crippen molar-refractivity contribution in [3.8, 4) is 5.75 Å². The van der Waals surface area contributed by atoms with Crippen molar-refractivity contribution in [1.29, 1.82) is 0 Å². The Morgan fingerprint density at radius 2 is 1.83 bits per heavy atom. The van der Waals surface area contributed by atoms with Gasteiger partial charge in [0.2, 0.25) is 10.0 Å². The predicted octanol–water partition coefficient (Wildman–Crippen LogP) is 2.62. The smallest absolute Gasteiger partial charge is 0.262 e. The number of amides is 1. The zero-order valence-corrected chi connectivity index (χ0v) is 14.7. The molecule has 6 nitrogen and oxygen atoms in total. The van der Waals surface area contributed by atoms with Gasteiger partial charge in [0.15, 0.2) is 6.61 Å². The number of sulfonamides is 1. The van der Waals surface area contributed by atoms with E-state index in [4.69, 9.17) is 21.5 Å². The summed E-state index contributed by atoms with van der Waals surface area (Å²) in [6.45, 7) is 3.29. The highest BCUT2D eigenvalue weighted by Gasteiger charge is 2.14. The number of aryl methyl sites for hydroxylation is 1. The highest BCUT2D eigenvalue weighted by molar-refractivity contribution is 7.89. The molecule has 0 fully saturated rings. The van der Waals surface area contributed by atoms with E-state index in [2.05, 4.69) is 5.32 Å². The number of carbonyl (C=O) groups excluding carboxylic acids is 1. The van der Waals surface area contributed by atoms with Gasteiger partial charge in [0.1, 0.15) is 5.75 Å². The van der Waals surface area contributed by atoms with Crippen LogP contribution in [0.15, 0.2) is 41.3 Å². The summed E-state index contributed by atoms with van der Waals surface area (Å²) >= 11 is 5.77. The summed E-state index contributed by atoms with van der Waals surface area (Å²) in [5.41, 5.74) is 1.83. The number of halogens is 1. The summed E-state index contributed by atoms with van der Waals surface area (Å²) in [6, 6.07) is 9.39. The summed E-state index contributed by atoms with van der Waals surface area (Å²) in [5, 5.41) is 8.35. The van der Waals surface area contributed by atoms with E-state index in [9.17, 15) is 13.2 Å². The number of hydrogen-bond donors (Lipinski definition) is 2. The van der Waals surface area contributed by atoms with Crippen molar-refractivity contribution in [1.82, 2.24) is 0 Å². The molecule has 2 aromatic carbocycles. The molecule has 0 saturated carbocycles. The van der Waals surface area contributed by atoms with E-state index >= 15 is 0 Å². The van der Waals surface area contributed by atoms with Gasteiger partial charge in [-0.3, -0.25) is 4.79 Å². The molecule has 0 heterocycles. The minimum absolute atomic E-state index is 0.0560. The lowest BCUT2D eigenvalue weighted by atomic mass is 10.1. The highest BCUT2D eigenvalue weighted by Crippen LogP contribution is 2.23. The SMILES string of the molecule is Cc1cc(S(N)(=O)=O)cc(NC(=O)COc2ccc(Cl)cc2)c1C. The maximum atomic E-state index is 12.0. The van der Waals surface area contributed by atoms with Crippen molar-refractivity contribution in [2.75, 3.05) is 11.9 Å². The van der Waals surface area contributed by atoms with E-state index in [1.807, 2.05) is 0 Å². The molecule has 128 valence electrons. The minimum atomic E-state index is -3.85. The third kappa shape index (κ3) is 4.70. The number of carbonyl (C=O) groups is 1. The van der Waals surface area contributed by atoms with Crippen LogP contribution in [0.3, 0.4) is 0 Å². The van der Waals surface area contributed by atoms with E-state index in [1.54, 1.807) is 38.1 Å². The Bertz CT molecular complexity index is 864. The molecule has 0 atom stereocenters. The highest BCUT2D eigenvalue weighted by atomic mass is 35.5. The normalized spacial score (nSPS) is 11.2. The first-order valence-corrected chi connectivity index (χ1v) is 8.91. The van der Waals surface area contributed by atoms with Crippen molar-refractivity contribution in [3.05, 3.63) is 52.5 Å². The number of nitrogens with one attached hydrogen (secondary N) is 1. The molecule has 8 heteroatoms. The number of primary sulfonamides is 1. The molecule has 0 saturated heterocycles. The molecule has 0 aliphatic carbocycles. The molecule has 2 aromatic rings. The summed E-state index contributed by atoms with van der Waals surface area (Å²) in [6.07, 6.45) is 0. The lowest BCUT2D eigenvalue weighted by Crippen LogP contribution is -2.21. The van der Waals surface area contributed by atoms with Crippen LogP contribution in [0.4, 0.5) is 5.69 Å². The zero-order valence-electron chi connectivity index (χ0n) is 13.2. The van der Waals surface area contributed by atoms with E-state index in [0.29, 0.717) is 22.0 Å². The van der Waals surface area contributed by atoms with Gasteiger partial charge in [0, 0.05) is 10.7 Å². The Morgan fingerprint density at radius 1 is 1.21 bits per heavy atom. The number of nitrogens with two attached hydrogens (primary N) is 1. The van der Waals surface area contributed by atoms with Crippen LogP contribution in [0.25, 0.3) is 0 Å². The van der Waals surface area contributed by atoms with Gasteiger partial charge in [-0.25, -0.2) is 13.6 Å². The second-order valence-corrected chi connectivity index (χ2v) is 7.25. The van der Waals surface area contributed by atoms with Crippen LogP contribution < -0.4 is 15.2 Å². The fourth-order valence-corrected chi connectivity index (χ4v) is 2.74. The molecule has 0 bridgehead atoms.